The predicted octanol–water partition coefficient (Wildman–Crippen LogP) is 2.24. The summed E-state index contributed by atoms with van der Waals surface area (Å²) in [6.07, 6.45) is 2.90. The van der Waals surface area contributed by atoms with Crippen molar-refractivity contribution in [2.24, 2.45) is 0 Å². The molecule has 0 atom stereocenters. The number of likely N-dealkylation sites (N-methyl/N-ethyl adjacent to an activating group) is 1. The van der Waals surface area contributed by atoms with Crippen LogP contribution < -0.4 is 5.32 Å². The lowest BCUT2D eigenvalue weighted by Crippen LogP contribution is -2.35. The van der Waals surface area contributed by atoms with Gasteiger partial charge >= 0.3 is 0 Å². The molecule has 2 N–H and O–H groups in total. The van der Waals surface area contributed by atoms with Gasteiger partial charge in [-0.3, -0.25) is 4.79 Å². The molecule has 0 fully saturated rings. The maximum atomic E-state index is 11.7. The van der Waals surface area contributed by atoms with Crippen molar-refractivity contribution in [1.29, 1.82) is 0 Å². The van der Waals surface area contributed by atoms with Gasteiger partial charge in [-0.1, -0.05) is 13.8 Å². The highest BCUT2D eigenvalue weighted by Crippen LogP contribution is 2.10. The Balaban J connectivity index is 2.28. The first-order valence-electron chi connectivity index (χ1n) is 6.01. The van der Waals surface area contributed by atoms with E-state index < -0.39 is 0 Å². The van der Waals surface area contributed by atoms with Crippen molar-refractivity contribution in [3.05, 3.63) is 22.4 Å². The zero-order valence-electron chi connectivity index (χ0n) is 10.4. The summed E-state index contributed by atoms with van der Waals surface area (Å²) < 4.78 is 0.892. The molecule has 96 valence electrons. The van der Waals surface area contributed by atoms with Crippen molar-refractivity contribution in [2.75, 3.05) is 26.2 Å². The summed E-state index contributed by atoms with van der Waals surface area (Å²) in [5.74, 6) is -0.0525. The molecule has 0 aliphatic carbocycles. The van der Waals surface area contributed by atoms with Gasteiger partial charge in [-0.2, -0.15) is 0 Å². The number of hydrogen-bond donors (Lipinski definition) is 2. The van der Waals surface area contributed by atoms with Crippen molar-refractivity contribution < 1.29 is 4.79 Å². The van der Waals surface area contributed by atoms with Gasteiger partial charge in [-0.05, 0) is 41.5 Å². The lowest BCUT2D eigenvalue weighted by Gasteiger charge is -2.19. The predicted molar refractivity (Wildman–Crippen MR) is 73.2 cm³/mol. The molecule has 0 unspecified atom stereocenters. The zero-order chi connectivity index (χ0) is 12.7. The van der Waals surface area contributed by atoms with Gasteiger partial charge in [0, 0.05) is 23.8 Å². The molecule has 1 rings (SSSR count). The molecular weight excluding hydrogens is 282 g/mol. The SMILES string of the molecule is CCCN(CC)CCNC(=O)c1cc(Br)c[nH]1. The van der Waals surface area contributed by atoms with Gasteiger partial charge in [0.25, 0.3) is 5.91 Å². The van der Waals surface area contributed by atoms with Gasteiger partial charge in [0.2, 0.25) is 0 Å². The summed E-state index contributed by atoms with van der Waals surface area (Å²) in [5.41, 5.74) is 0.593. The van der Waals surface area contributed by atoms with Crippen LogP contribution in [-0.2, 0) is 0 Å². The average Bonchev–Trinajstić information content (AvgIpc) is 2.74. The molecule has 0 bridgehead atoms. The van der Waals surface area contributed by atoms with Crippen LogP contribution >= 0.6 is 15.9 Å². The second-order valence-electron chi connectivity index (χ2n) is 3.92. The molecular formula is C12H20BrN3O. The molecule has 0 radical (unpaired) electrons. The monoisotopic (exact) mass is 301 g/mol. The first kappa shape index (κ1) is 14.3. The maximum Gasteiger partial charge on any atom is 0.267 e. The van der Waals surface area contributed by atoms with Crippen LogP contribution in [0.3, 0.4) is 0 Å². The molecule has 0 spiro atoms. The summed E-state index contributed by atoms with van der Waals surface area (Å²) >= 11 is 3.30. The molecule has 0 aliphatic heterocycles. The van der Waals surface area contributed by atoms with E-state index in [-0.39, 0.29) is 5.91 Å². The fourth-order valence-corrected chi connectivity index (χ4v) is 2.01. The number of aromatic nitrogens is 1. The third kappa shape index (κ3) is 4.91. The number of nitrogens with one attached hydrogen (secondary N) is 2. The minimum absolute atomic E-state index is 0.0525. The number of nitrogens with zero attached hydrogens (tertiary/aromatic N) is 1. The number of carbonyl (C=O) groups is 1. The highest BCUT2D eigenvalue weighted by molar-refractivity contribution is 9.10. The summed E-state index contributed by atoms with van der Waals surface area (Å²) in [4.78, 5) is 16.9. The molecule has 17 heavy (non-hydrogen) atoms. The first-order valence-corrected chi connectivity index (χ1v) is 6.81. The average molecular weight is 302 g/mol. The molecule has 1 aromatic rings. The first-order chi connectivity index (χ1) is 8.17. The van der Waals surface area contributed by atoms with E-state index in [9.17, 15) is 4.79 Å². The standard InChI is InChI=1S/C12H20BrN3O/c1-3-6-16(4-2)7-5-14-12(17)11-8-10(13)9-15-11/h8-9,15H,3-7H2,1-2H3,(H,14,17). The number of rotatable bonds is 7. The van der Waals surface area contributed by atoms with Gasteiger partial charge < -0.3 is 15.2 Å². The van der Waals surface area contributed by atoms with Crippen LogP contribution in [0.25, 0.3) is 0 Å². The van der Waals surface area contributed by atoms with E-state index in [1.165, 1.54) is 0 Å². The molecule has 4 nitrogen and oxygen atoms in total. The Kier molecular flexibility index (Phi) is 6.29. The van der Waals surface area contributed by atoms with Crippen molar-refractivity contribution in [3.63, 3.8) is 0 Å². The lowest BCUT2D eigenvalue weighted by atomic mass is 10.3. The Morgan fingerprint density at radius 2 is 2.24 bits per heavy atom. The van der Waals surface area contributed by atoms with E-state index in [1.807, 2.05) is 0 Å². The van der Waals surface area contributed by atoms with E-state index in [0.717, 1.165) is 30.5 Å². The van der Waals surface area contributed by atoms with E-state index in [1.54, 1.807) is 12.3 Å². The number of carbonyl (C=O) groups excluding carboxylic acids is 1. The Labute approximate surface area is 111 Å². The third-order valence-corrected chi connectivity index (χ3v) is 3.05. The number of aromatic amines is 1. The topological polar surface area (TPSA) is 48.1 Å². The van der Waals surface area contributed by atoms with E-state index in [4.69, 9.17) is 0 Å². The Morgan fingerprint density at radius 3 is 2.76 bits per heavy atom. The van der Waals surface area contributed by atoms with Crippen LogP contribution in [0.2, 0.25) is 0 Å². The number of halogens is 1. The Morgan fingerprint density at radius 1 is 1.47 bits per heavy atom. The summed E-state index contributed by atoms with van der Waals surface area (Å²) in [5, 5.41) is 2.90. The normalized spacial score (nSPS) is 10.8. The molecule has 0 aromatic carbocycles. The fourth-order valence-electron chi connectivity index (χ4n) is 1.67. The Bertz CT molecular complexity index is 351. The van der Waals surface area contributed by atoms with Gasteiger partial charge in [-0.15, -0.1) is 0 Å². The molecule has 0 aliphatic rings. The highest BCUT2D eigenvalue weighted by atomic mass is 79.9. The van der Waals surface area contributed by atoms with Gasteiger partial charge in [0.15, 0.2) is 0 Å². The molecule has 0 saturated heterocycles. The van der Waals surface area contributed by atoms with E-state index in [0.29, 0.717) is 12.2 Å². The van der Waals surface area contributed by atoms with Crippen LogP contribution in [0.15, 0.2) is 16.7 Å². The van der Waals surface area contributed by atoms with Gasteiger partial charge in [0.05, 0.1) is 0 Å². The molecule has 1 aromatic heterocycles. The van der Waals surface area contributed by atoms with Gasteiger partial charge in [0.1, 0.15) is 5.69 Å². The van der Waals surface area contributed by atoms with E-state index >= 15 is 0 Å². The van der Waals surface area contributed by atoms with Crippen molar-refractivity contribution in [2.45, 2.75) is 20.3 Å². The van der Waals surface area contributed by atoms with Crippen LogP contribution in [0, 0.1) is 0 Å². The third-order valence-electron chi connectivity index (χ3n) is 2.59. The largest absolute Gasteiger partial charge is 0.356 e. The summed E-state index contributed by atoms with van der Waals surface area (Å²) in [7, 11) is 0. The van der Waals surface area contributed by atoms with Gasteiger partial charge in [-0.25, -0.2) is 0 Å². The number of H-pyrrole nitrogens is 1. The Hall–Kier alpha value is -0.810. The highest BCUT2D eigenvalue weighted by Gasteiger charge is 2.07. The van der Waals surface area contributed by atoms with Crippen molar-refractivity contribution in [1.82, 2.24) is 15.2 Å². The van der Waals surface area contributed by atoms with Crippen molar-refractivity contribution in [3.8, 4) is 0 Å². The summed E-state index contributed by atoms with van der Waals surface area (Å²) in [6.45, 7) is 8.00. The second-order valence-corrected chi connectivity index (χ2v) is 4.84. The molecule has 1 heterocycles. The fraction of sp³-hybridized carbons (Fsp3) is 0.583. The van der Waals surface area contributed by atoms with E-state index in [2.05, 4.69) is 45.0 Å². The maximum absolute atomic E-state index is 11.7. The minimum atomic E-state index is -0.0525. The van der Waals surface area contributed by atoms with Crippen LogP contribution in [-0.4, -0.2) is 42.0 Å². The molecule has 5 heteroatoms. The van der Waals surface area contributed by atoms with Crippen LogP contribution in [0.5, 0.6) is 0 Å². The lowest BCUT2D eigenvalue weighted by molar-refractivity contribution is 0.0944. The quantitative estimate of drug-likeness (QED) is 0.811. The zero-order valence-corrected chi connectivity index (χ0v) is 12.0. The number of hydrogen-bond acceptors (Lipinski definition) is 2. The van der Waals surface area contributed by atoms with Crippen molar-refractivity contribution >= 4 is 21.8 Å². The second kappa shape index (κ2) is 7.50. The van der Waals surface area contributed by atoms with Crippen LogP contribution in [0.1, 0.15) is 30.8 Å². The smallest absolute Gasteiger partial charge is 0.267 e. The summed E-state index contributed by atoms with van der Waals surface area (Å²) in [6, 6.07) is 1.78. The van der Waals surface area contributed by atoms with Crippen LogP contribution in [0.4, 0.5) is 0 Å². The molecule has 0 saturated carbocycles. The number of amides is 1. The molecule has 1 amide bonds. The minimum Gasteiger partial charge on any atom is -0.356 e.